The van der Waals surface area contributed by atoms with Crippen molar-refractivity contribution in [2.75, 3.05) is 0 Å². The summed E-state index contributed by atoms with van der Waals surface area (Å²) >= 11 is 0. The van der Waals surface area contributed by atoms with Gasteiger partial charge in [-0.25, -0.2) is 4.79 Å². The minimum absolute atomic E-state index is 0.253. The SMILES string of the molecule is CC(C=CC1=C(C)CCCC1(C)C)=CC=CC(C)=CCC(CC[C@H](C)CCC[C@H](C)CCCC(C)C)[C@]1(C)CCc2c(C)c(OC(=O)O)c(C)c(C)c2O1. The smallest absolute Gasteiger partial charge is 0.487 e. The van der Waals surface area contributed by atoms with Crippen molar-refractivity contribution in [2.45, 2.75) is 186 Å². The van der Waals surface area contributed by atoms with Gasteiger partial charge in [0.15, 0.2) is 0 Å². The van der Waals surface area contributed by atoms with E-state index in [0.29, 0.717) is 17.6 Å². The number of carboxylic acid groups (broad SMARTS) is 1. The van der Waals surface area contributed by atoms with Crippen LogP contribution < -0.4 is 9.47 Å². The number of fused-ring (bicyclic) bond motifs is 1. The number of ether oxygens (including phenoxy) is 2. The fraction of sp³-hybridized carbons (Fsp3) is 0.660. The molecule has 4 atom stereocenters. The Balaban J connectivity index is 1.76. The Morgan fingerprint density at radius 1 is 0.815 bits per heavy atom. The van der Waals surface area contributed by atoms with E-state index in [1.807, 2.05) is 20.8 Å². The van der Waals surface area contributed by atoms with Crippen molar-refractivity contribution in [3.05, 3.63) is 81.0 Å². The number of allylic oxidation sites excluding steroid dienone is 10. The highest BCUT2D eigenvalue weighted by Crippen LogP contribution is 2.47. The molecule has 54 heavy (non-hydrogen) atoms. The average molecular weight is 743 g/mol. The van der Waals surface area contributed by atoms with Crippen LogP contribution in [-0.2, 0) is 6.42 Å². The van der Waals surface area contributed by atoms with E-state index >= 15 is 0 Å². The van der Waals surface area contributed by atoms with E-state index in [1.165, 1.54) is 86.5 Å². The molecule has 0 spiro atoms. The highest BCUT2D eigenvalue weighted by molar-refractivity contribution is 5.67. The molecule has 0 bridgehead atoms. The summed E-state index contributed by atoms with van der Waals surface area (Å²) in [4.78, 5) is 11.5. The van der Waals surface area contributed by atoms with Crippen LogP contribution in [0.3, 0.4) is 0 Å². The molecule has 1 aromatic carbocycles. The van der Waals surface area contributed by atoms with E-state index in [0.717, 1.165) is 65.5 Å². The second kappa shape index (κ2) is 20.8. The van der Waals surface area contributed by atoms with Gasteiger partial charge in [0.1, 0.15) is 17.1 Å². The zero-order valence-electron chi connectivity index (χ0n) is 36.8. The molecule has 3 rings (SSSR count). The van der Waals surface area contributed by atoms with Crippen LogP contribution in [0.4, 0.5) is 4.79 Å². The maximum Gasteiger partial charge on any atom is 0.511 e. The van der Waals surface area contributed by atoms with E-state index in [1.54, 1.807) is 0 Å². The molecule has 0 aromatic heterocycles. The van der Waals surface area contributed by atoms with E-state index in [4.69, 9.17) is 9.47 Å². The number of hydrogen-bond acceptors (Lipinski definition) is 3. The van der Waals surface area contributed by atoms with Crippen LogP contribution in [-0.4, -0.2) is 16.9 Å². The van der Waals surface area contributed by atoms with Crippen molar-refractivity contribution >= 4 is 6.16 Å². The van der Waals surface area contributed by atoms with E-state index in [2.05, 4.69) is 106 Å². The summed E-state index contributed by atoms with van der Waals surface area (Å²) in [6.45, 7) is 29.3. The normalized spacial score (nSPS) is 21.1. The summed E-state index contributed by atoms with van der Waals surface area (Å²) in [5.74, 6) is 4.05. The molecule has 1 aliphatic heterocycles. The number of benzene rings is 1. The Bertz CT molecular complexity index is 1560. The van der Waals surface area contributed by atoms with Crippen molar-refractivity contribution in [1.82, 2.24) is 0 Å². The van der Waals surface area contributed by atoms with Gasteiger partial charge < -0.3 is 14.6 Å². The molecule has 302 valence electrons. The van der Waals surface area contributed by atoms with Crippen LogP contribution in [0.2, 0.25) is 0 Å². The summed E-state index contributed by atoms with van der Waals surface area (Å²) in [5.41, 5.74) is 9.30. The lowest BCUT2D eigenvalue weighted by molar-refractivity contribution is -0.000161. The lowest BCUT2D eigenvalue weighted by Gasteiger charge is -2.43. The third kappa shape index (κ3) is 13.3. The summed E-state index contributed by atoms with van der Waals surface area (Å²) in [5, 5.41) is 9.42. The zero-order valence-corrected chi connectivity index (χ0v) is 36.8. The molecule has 4 nitrogen and oxygen atoms in total. The van der Waals surface area contributed by atoms with Gasteiger partial charge in [0.25, 0.3) is 0 Å². The molecule has 0 fully saturated rings. The predicted molar refractivity (Wildman–Crippen MR) is 231 cm³/mol. The van der Waals surface area contributed by atoms with Gasteiger partial charge in [0.05, 0.1) is 0 Å². The first kappa shape index (κ1) is 45.4. The van der Waals surface area contributed by atoms with Gasteiger partial charge >= 0.3 is 6.16 Å². The minimum Gasteiger partial charge on any atom is -0.487 e. The fourth-order valence-corrected chi connectivity index (χ4v) is 8.94. The zero-order chi connectivity index (χ0) is 40.2. The highest BCUT2D eigenvalue weighted by Gasteiger charge is 2.41. The van der Waals surface area contributed by atoms with Crippen molar-refractivity contribution in [1.29, 1.82) is 0 Å². The Morgan fingerprint density at radius 3 is 2.09 bits per heavy atom. The van der Waals surface area contributed by atoms with Crippen LogP contribution in [0.1, 0.15) is 175 Å². The lowest BCUT2D eigenvalue weighted by Crippen LogP contribution is -2.44. The van der Waals surface area contributed by atoms with Crippen molar-refractivity contribution in [3.63, 3.8) is 0 Å². The summed E-state index contributed by atoms with van der Waals surface area (Å²) in [6.07, 6.45) is 29.2. The van der Waals surface area contributed by atoms with E-state index < -0.39 is 6.16 Å². The number of carbonyl (C=O) groups is 1. The molecular weight excluding hydrogens is 665 g/mol. The van der Waals surface area contributed by atoms with Gasteiger partial charge in [-0.2, -0.15) is 0 Å². The molecule has 1 unspecified atom stereocenters. The molecular formula is C50H78O4. The van der Waals surface area contributed by atoms with Gasteiger partial charge in [-0.3, -0.25) is 0 Å². The molecule has 0 saturated carbocycles. The van der Waals surface area contributed by atoms with Gasteiger partial charge in [-0.05, 0) is 139 Å². The summed E-state index contributed by atoms with van der Waals surface area (Å²) in [7, 11) is 0. The topological polar surface area (TPSA) is 55.8 Å². The molecule has 1 N–H and O–H groups in total. The number of rotatable bonds is 19. The van der Waals surface area contributed by atoms with Crippen LogP contribution in [0.15, 0.2) is 58.7 Å². The fourth-order valence-electron chi connectivity index (χ4n) is 8.94. The number of hydrogen-bond donors (Lipinski definition) is 1. The lowest BCUT2D eigenvalue weighted by atomic mass is 9.72. The van der Waals surface area contributed by atoms with E-state index in [9.17, 15) is 9.90 Å². The maximum atomic E-state index is 11.5. The first-order chi connectivity index (χ1) is 25.3. The highest BCUT2D eigenvalue weighted by atomic mass is 16.7. The molecule has 0 amide bonds. The summed E-state index contributed by atoms with van der Waals surface area (Å²) in [6, 6.07) is 0. The quantitative estimate of drug-likeness (QED) is 0.0871. The second-order valence-electron chi connectivity index (χ2n) is 18.8. The summed E-state index contributed by atoms with van der Waals surface area (Å²) < 4.78 is 12.4. The molecule has 1 aliphatic carbocycles. The molecule has 0 radical (unpaired) electrons. The molecule has 1 aromatic rings. The third-order valence-corrected chi connectivity index (χ3v) is 12.9. The Hall–Kier alpha value is -3.01. The van der Waals surface area contributed by atoms with Crippen molar-refractivity contribution in [3.8, 4) is 11.5 Å². The Labute approximate surface area is 331 Å². The van der Waals surface area contributed by atoms with Gasteiger partial charge in [0, 0.05) is 11.5 Å². The molecule has 2 aliphatic rings. The molecule has 1 heterocycles. The maximum absolute atomic E-state index is 11.5. The van der Waals surface area contributed by atoms with Gasteiger partial charge in [0.2, 0.25) is 0 Å². The first-order valence-corrected chi connectivity index (χ1v) is 21.5. The largest absolute Gasteiger partial charge is 0.511 e. The molecule has 0 saturated heterocycles. The van der Waals surface area contributed by atoms with Crippen molar-refractivity contribution < 1.29 is 19.4 Å². The van der Waals surface area contributed by atoms with Gasteiger partial charge in [-0.15, -0.1) is 0 Å². The Morgan fingerprint density at radius 2 is 1.46 bits per heavy atom. The Kier molecular flexibility index (Phi) is 17.5. The third-order valence-electron chi connectivity index (χ3n) is 12.9. The first-order valence-electron chi connectivity index (χ1n) is 21.5. The minimum atomic E-state index is -1.27. The van der Waals surface area contributed by atoms with Crippen LogP contribution >= 0.6 is 0 Å². The van der Waals surface area contributed by atoms with Gasteiger partial charge in [-0.1, -0.05) is 140 Å². The average Bonchev–Trinajstić information content (AvgIpc) is 3.08. The van der Waals surface area contributed by atoms with Crippen molar-refractivity contribution in [2.24, 2.45) is 29.1 Å². The van der Waals surface area contributed by atoms with Crippen LogP contribution in [0.5, 0.6) is 11.5 Å². The predicted octanol–water partition coefficient (Wildman–Crippen LogP) is 15.3. The van der Waals surface area contributed by atoms with Crippen LogP contribution in [0, 0.1) is 49.9 Å². The standard InChI is InChI=1S/C50H78O4/c1-34(2)18-14-19-35(3)20-15-21-36(4)25-28-43(50(13)33-31-44-42(10)46(53-48(51)52)40(8)41(9)47(44)54-50)29-26-37(5)22-16-23-38(6)27-30-45-39(7)24-17-32-49(45,11)12/h16,22-23,26-27,30,34-36,43H,14-15,17-21,24-25,28-29,31-33H2,1-13H3,(H,51,52)/t35-,36-,43?,50+/m1/s1. The van der Waals surface area contributed by atoms with E-state index in [-0.39, 0.29) is 11.0 Å². The molecule has 4 heteroatoms. The monoisotopic (exact) mass is 743 g/mol. The second-order valence-corrected chi connectivity index (χ2v) is 18.8. The van der Waals surface area contributed by atoms with Crippen LogP contribution in [0.25, 0.3) is 0 Å².